The second-order valence-electron chi connectivity index (χ2n) is 5.58. The van der Waals surface area contributed by atoms with E-state index in [1.54, 1.807) is 12.1 Å². The first-order chi connectivity index (χ1) is 10.1. The van der Waals surface area contributed by atoms with Crippen LogP contribution in [-0.4, -0.2) is 61.1 Å². The van der Waals surface area contributed by atoms with Crippen LogP contribution in [0.5, 0.6) is 5.75 Å². The highest BCUT2D eigenvalue weighted by molar-refractivity contribution is 5.48. The number of nitro benzene ring substituents is 1. The summed E-state index contributed by atoms with van der Waals surface area (Å²) in [6.07, 6.45) is 0.884. The summed E-state index contributed by atoms with van der Waals surface area (Å²) in [6.45, 7) is 7.77. The molecular weight excluding hydrogens is 270 g/mol. The van der Waals surface area contributed by atoms with E-state index in [0.29, 0.717) is 12.4 Å². The summed E-state index contributed by atoms with van der Waals surface area (Å²) in [4.78, 5) is 15.3. The quantitative estimate of drug-likeness (QED) is 0.455. The SMILES string of the molecule is Cc1ccc([N+](=O)[O-])c(OCCCN2CCN(C)CC2)c1. The molecule has 0 bridgehead atoms. The minimum atomic E-state index is -0.394. The van der Waals surface area contributed by atoms with Crippen LogP contribution < -0.4 is 4.74 Å². The Balaban J connectivity index is 1.78. The smallest absolute Gasteiger partial charge is 0.310 e. The summed E-state index contributed by atoms with van der Waals surface area (Å²) in [5.74, 6) is 0.373. The van der Waals surface area contributed by atoms with Crippen molar-refractivity contribution < 1.29 is 9.66 Å². The number of hydrogen-bond acceptors (Lipinski definition) is 5. The van der Waals surface area contributed by atoms with Crippen molar-refractivity contribution in [2.24, 2.45) is 0 Å². The van der Waals surface area contributed by atoms with Gasteiger partial charge in [-0.05, 0) is 32.0 Å². The van der Waals surface area contributed by atoms with Crippen molar-refractivity contribution in [2.75, 3.05) is 46.4 Å². The van der Waals surface area contributed by atoms with Gasteiger partial charge in [-0.25, -0.2) is 0 Å². The predicted octanol–water partition coefficient (Wildman–Crippen LogP) is 1.92. The number of aryl methyl sites for hydroxylation is 1. The lowest BCUT2D eigenvalue weighted by atomic mass is 10.2. The molecule has 21 heavy (non-hydrogen) atoms. The van der Waals surface area contributed by atoms with Gasteiger partial charge in [0, 0.05) is 38.8 Å². The van der Waals surface area contributed by atoms with Gasteiger partial charge < -0.3 is 14.5 Å². The van der Waals surface area contributed by atoms with Crippen molar-refractivity contribution in [3.05, 3.63) is 33.9 Å². The Bertz CT molecular complexity index is 485. The van der Waals surface area contributed by atoms with Gasteiger partial charge in [-0.1, -0.05) is 6.07 Å². The highest BCUT2D eigenvalue weighted by Crippen LogP contribution is 2.27. The van der Waals surface area contributed by atoms with Gasteiger partial charge in [0.1, 0.15) is 0 Å². The third kappa shape index (κ3) is 4.68. The Morgan fingerprint density at radius 1 is 1.29 bits per heavy atom. The van der Waals surface area contributed by atoms with E-state index in [2.05, 4.69) is 16.8 Å². The monoisotopic (exact) mass is 293 g/mol. The molecule has 1 aliphatic heterocycles. The average molecular weight is 293 g/mol. The van der Waals surface area contributed by atoms with Crippen molar-refractivity contribution in [2.45, 2.75) is 13.3 Å². The Kier molecular flexibility index (Phi) is 5.52. The van der Waals surface area contributed by atoms with Crippen LogP contribution in [0, 0.1) is 17.0 Å². The van der Waals surface area contributed by atoms with E-state index >= 15 is 0 Å². The van der Waals surface area contributed by atoms with Crippen molar-refractivity contribution in [1.82, 2.24) is 9.80 Å². The summed E-state index contributed by atoms with van der Waals surface area (Å²) in [7, 11) is 2.14. The van der Waals surface area contributed by atoms with E-state index in [4.69, 9.17) is 4.74 Å². The van der Waals surface area contributed by atoms with Crippen LogP contribution in [0.4, 0.5) is 5.69 Å². The summed E-state index contributed by atoms with van der Waals surface area (Å²) in [5, 5.41) is 11.0. The molecule has 6 nitrogen and oxygen atoms in total. The molecule has 6 heteroatoms. The molecule has 1 aromatic carbocycles. The molecule has 0 saturated carbocycles. The summed E-state index contributed by atoms with van der Waals surface area (Å²) in [5.41, 5.74) is 1.01. The lowest BCUT2D eigenvalue weighted by Crippen LogP contribution is -2.44. The maximum atomic E-state index is 11.0. The fraction of sp³-hybridized carbons (Fsp3) is 0.600. The van der Waals surface area contributed by atoms with E-state index in [0.717, 1.165) is 44.7 Å². The van der Waals surface area contributed by atoms with E-state index in [1.807, 2.05) is 6.92 Å². The van der Waals surface area contributed by atoms with E-state index in [-0.39, 0.29) is 5.69 Å². The Morgan fingerprint density at radius 2 is 2.00 bits per heavy atom. The van der Waals surface area contributed by atoms with Crippen LogP contribution in [0.15, 0.2) is 18.2 Å². The van der Waals surface area contributed by atoms with Crippen molar-refractivity contribution >= 4 is 5.69 Å². The largest absolute Gasteiger partial charge is 0.487 e. The molecule has 0 radical (unpaired) electrons. The minimum Gasteiger partial charge on any atom is -0.487 e. The lowest BCUT2D eigenvalue weighted by molar-refractivity contribution is -0.385. The highest BCUT2D eigenvalue weighted by Gasteiger charge is 2.16. The number of nitro groups is 1. The standard InChI is InChI=1S/C15H23N3O3/c1-13-4-5-14(18(19)20)15(12-13)21-11-3-6-17-9-7-16(2)8-10-17/h4-5,12H,3,6-11H2,1-2H3. The van der Waals surface area contributed by atoms with Gasteiger partial charge in [-0.2, -0.15) is 0 Å². The molecule has 1 saturated heterocycles. The molecule has 0 aromatic heterocycles. The number of likely N-dealkylation sites (N-methyl/N-ethyl adjacent to an activating group) is 1. The van der Waals surface area contributed by atoms with Crippen LogP contribution in [0.3, 0.4) is 0 Å². The van der Waals surface area contributed by atoms with Crippen LogP contribution >= 0.6 is 0 Å². The number of hydrogen-bond donors (Lipinski definition) is 0. The predicted molar refractivity (Wildman–Crippen MR) is 81.9 cm³/mol. The van der Waals surface area contributed by atoms with Gasteiger partial charge in [-0.3, -0.25) is 10.1 Å². The van der Waals surface area contributed by atoms with Gasteiger partial charge in [0.15, 0.2) is 5.75 Å². The third-order valence-corrected chi connectivity index (χ3v) is 3.78. The minimum absolute atomic E-state index is 0.0418. The molecule has 0 N–H and O–H groups in total. The second kappa shape index (κ2) is 7.38. The number of benzene rings is 1. The fourth-order valence-electron chi connectivity index (χ4n) is 2.43. The maximum absolute atomic E-state index is 11.0. The molecule has 0 amide bonds. The van der Waals surface area contributed by atoms with Crippen molar-refractivity contribution in [1.29, 1.82) is 0 Å². The number of rotatable bonds is 6. The third-order valence-electron chi connectivity index (χ3n) is 3.78. The second-order valence-corrected chi connectivity index (χ2v) is 5.58. The molecule has 1 heterocycles. The molecular formula is C15H23N3O3. The van der Waals surface area contributed by atoms with E-state index in [1.165, 1.54) is 6.07 Å². The topological polar surface area (TPSA) is 58.9 Å². The Hall–Kier alpha value is -1.66. The van der Waals surface area contributed by atoms with Gasteiger partial charge in [0.25, 0.3) is 0 Å². The zero-order chi connectivity index (χ0) is 15.2. The zero-order valence-corrected chi connectivity index (χ0v) is 12.7. The first-order valence-corrected chi connectivity index (χ1v) is 7.35. The molecule has 0 unspecified atom stereocenters. The molecule has 0 atom stereocenters. The van der Waals surface area contributed by atoms with Crippen LogP contribution in [-0.2, 0) is 0 Å². The molecule has 116 valence electrons. The van der Waals surface area contributed by atoms with Gasteiger partial charge in [0.2, 0.25) is 0 Å². The molecule has 0 aliphatic carbocycles. The summed E-state index contributed by atoms with van der Waals surface area (Å²) in [6, 6.07) is 4.97. The van der Waals surface area contributed by atoms with Crippen LogP contribution in [0.25, 0.3) is 0 Å². The lowest BCUT2D eigenvalue weighted by Gasteiger charge is -2.32. The summed E-state index contributed by atoms with van der Waals surface area (Å²) < 4.78 is 5.61. The maximum Gasteiger partial charge on any atom is 0.310 e. The van der Waals surface area contributed by atoms with Crippen molar-refractivity contribution in [3.63, 3.8) is 0 Å². The molecule has 1 aromatic rings. The molecule has 1 fully saturated rings. The molecule has 2 rings (SSSR count). The zero-order valence-electron chi connectivity index (χ0n) is 12.7. The number of nitrogens with zero attached hydrogens (tertiary/aromatic N) is 3. The highest BCUT2D eigenvalue weighted by atomic mass is 16.6. The fourth-order valence-corrected chi connectivity index (χ4v) is 2.43. The normalized spacial score (nSPS) is 16.9. The van der Waals surface area contributed by atoms with E-state index in [9.17, 15) is 10.1 Å². The molecule has 1 aliphatic rings. The van der Waals surface area contributed by atoms with Crippen LogP contribution in [0.2, 0.25) is 0 Å². The van der Waals surface area contributed by atoms with Crippen molar-refractivity contribution in [3.8, 4) is 5.75 Å². The average Bonchev–Trinajstić information content (AvgIpc) is 2.45. The Morgan fingerprint density at radius 3 is 2.67 bits per heavy atom. The van der Waals surface area contributed by atoms with Gasteiger partial charge >= 0.3 is 5.69 Å². The number of ether oxygens (including phenoxy) is 1. The number of piperazine rings is 1. The van der Waals surface area contributed by atoms with E-state index < -0.39 is 4.92 Å². The van der Waals surface area contributed by atoms with Gasteiger partial charge in [-0.15, -0.1) is 0 Å². The Labute approximate surface area is 125 Å². The summed E-state index contributed by atoms with van der Waals surface area (Å²) >= 11 is 0. The molecule has 0 spiro atoms. The van der Waals surface area contributed by atoms with Crippen LogP contribution in [0.1, 0.15) is 12.0 Å². The van der Waals surface area contributed by atoms with Gasteiger partial charge in [0.05, 0.1) is 11.5 Å². The first-order valence-electron chi connectivity index (χ1n) is 7.35. The first kappa shape index (κ1) is 15.7.